The molecule has 0 bridgehead atoms. The van der Waals surface area contributed by atoms with Gasteiger partial charge < -0.3 is 10.3 Å². The molecule has 2 rings (SSSR count). The Bertz CT molecular complexity index is 550. The zero-order valence-corrected chi connectivity index (χ0v) is 12.2. The van der Waals surface area contributed by atoms with E-state index in [1.54, 1.807) is 0 Å². The van der Waals surface area contributed by atoms with Crippen molar-refractivity contribution in [1.29, 1.82) is 0 Å². The average Bonchev–Trinajstić information content (AvgIpc) is 2.80. The molecule has 0 saturated carbocycles. The van der Waals surface area contributed by atoms with E-state index in [4.69, 9.17) is 0 Å². The first kappa shape index (κ1) is 14.0. The summed E-state index contributed by atoms with van der Waals surface area (Å²) in [4.78, 5) is 15.2. The van der Waals surface area contributed by atoms with E-state index in [9.17, 15) is 4.79 Å². The Hall–Kier alpha value is -1.42. The van der Waals surface area contributed by atoms with Gasteiger partial charge in [0.15, 0.2) is 0 Å². The smallest absolute Gasteiger partial charge is 0.224 e. The monoisotopic (exact) mass is 276 g/mol. The molecule has 4 heteroatoms. The van der Waals surface area contributed by atoms with Crippen molar-refractivity contribution < 1.29 is 4.79 Å². The molecular weight excluding hydrogens is 256 g/mol. The molecule has 0 fully saturated rings. The van der Waals surface area contributed by atoms with Gasteiger partial charge in [0.2, 0.25) is 5.91 Å². The molecule has 3 nitrogen and oxygen atoms in total. The molecular formula is C15H20N2OS. The Balaban J connectivity index is 1.95. The van der Waals surface area contributed by atoms with Gasteiger partial charge in [-0.1, -0.05) is 18.2 Å². The van der Waals surface area contributed by atoms with Gasteiger partial charge in [-0.3, -0.25) is 4.79 Å². The highest BCUT2D eigenvalue weighted by molar-refractivity contribution is 7.98. The summed E-state index contributed by atoms with van der Waals surface area (Å²) >= 11 is 1.81. The van der Waals surface area contributed by atoms with E-state index in [1.807, 2.05) is 42.2 Å². The normalized spacial score (nSPS) is 12.5. The summed E-state index contributed by atoms with van der Waals surface area (Å²) in [7, 11) is 0. The van der Waals surface area contributed by atoms with Crippen LogP contribution in [0.5, 0.6) is 0 Å². The number of carbonyl (C=O) groups excluding carboxylic acids is 1. The fourth-order valence-electron chi connectivity index (χ4n) is 2.14. The second-order valence-corrected chi connectivity index (χ2v) is 5.77. The Kier molecular flexibility index (Phi) is 4.91. The average molecular weight is 276 g/mol. The maximum absolute atomic E-state index is 12.0. The van der Waals surface area contributed by atoms with Crippen LogP contribution in [0.25, 0.3) is 10.9 Å². The maximum Gasteiger partial charge on any atom is 0.224 e. The highest BCUT2D eigenvalue weighted by Crippen LogP contribution is 2.18. The molecule has 19 heavy (non-hydrogen) atoms. The molecule has 0 aliphatic heterocycles. The third-order valence-corrected chi connectivity index (χ3v) is 3.83. The van der Waals surface area contributed by atoms with E-state index >= 15 is 0 Å². The third-order valence-electron chi connectivity index (χ3n) is 3.19. The number of rotatable bonds is 6. The first-order valence-corrected chi connectivity index (χ1v) is 7.93. The lowest BCUT2D eigenvalue weighted by atomic mass is 10.1. The van der Waals surface area contributed by atoms with Crippen molar-refractivity contribution in [3.63, 3.8) is 0 Å². The summed E-state index contributed by atoms with van der Waals surface area (Å²) < 4.78 is 0. The molecule has 0 radical (unpaired) electrons. The predicted octanol–water partition coefficient (Wildman–Crippen LogP) is 2.97. The molecule has 1 amide bonds. The van der Waals surface area contributed by atoms with Crippen LogP contribution < -0.4 is 5.32 Å². The number of aromatic amines is 1. The van der Waals surface area contributed by atoms with E-state index in [-0.39, 0.29) is 11.9 Å². The number of para-hydroxylation sites is 1. The van der Waals surface area contributed by atoms with E-state index in [0.717, 1.165) is 28.6 Å². The van der Waals surface area contributed by atoms with Crippen molar-refractivity contribution in [2.24, 2.45) is 0 Å². The molecule has 1 aromatic carbocycles. The number of carbonyl (C=O) groups is 1. The van der Waals surface area contributed by atoms with Crippen molar-refractivity contribution in [2.45, 2.75) is 25.8 Å². The summed E-state index contributed by atoms with van der Waals surface area (Å²) in [6.45, 7) is 2.06. The maximum atomic E-state index is 12.0. The first-order valence-electron chi connectivity index (χ1n) is 6.54. The van der Waals surface area contributed by atoms with Crippen LogP contribution in [0, 0.1) is 0 Å². The summed E-state index contributed by atoms with van der Waals surface area (Å²) in [5.74, 6) is 1.17. The molecule has 1 heterocycles. The van der Waals surface area contributed by atoms with Crippen molar-refractivity contribution in [3.05, 3.63) is 36.0 Å². The molecule has 2 N–H and O–H groups in total. The van der Waals surface area contributed by atoms with Gasteiger partial charge in [-0.05, 0) is 37.0 Å². The second-order valence-electron chi connectivity index (χ2n) is 4.79. The van der Waals surface area contributed by atoms with E-state index < -0.39 is 0 Å². The lowest BCUT2D eigenvalue weighted by Gasteiger charge is -2.12. The minimum Gasteiger partial charge on any atom is -0.361 e. The molecule has 1 aromatic heterocycles. The fourth-order valence-corrected chi connectivity index (χ4v) is 2.73. The number of hydrogen-bond donors (Lipinski definition) is 2. The minimum atomic E-state index is 0.0957. The third kappa shape index (κ3) is 3.77. The van der Waals surface area contributed by atoms with Gasteiger partial charge in [0.25, 0.3) is 0 Å². The topological polar surface area (TPSA) is 44.9 Å². The van der Waals surface area contributed by atoms with Crippen LogP contribution >= 0.6 is 11.8 Å². The van der Waals surface area contributed by atoms with Gasteiger partial charge in [-0.25, -0.2) is 0 Å². The zero-order valence-electron chi connectivity index (χ0n) is 11.4. The molecule has 1 unspecified atom stereocenters. The van der Waals surface area contributed by atoms with Crippen molar-refractivity contribution >= 4 is 28.6 Å². The van der Waals surface area contributed by atoms with Crippen molar-refractivity contribution in [2.75, 3.05) is 12.0 Å². The van der Waals surface area contributed by atoms with Gasteiger partial charge in [0, 0.05) is 23.1 Å². The van der Waals surface area contributed by atoms with E-state index in [1.165, 1.54) is 0 Å². The van der Waals surface area contributed by atoms with Gasteiger partial charge in [-0.15, -0.1) is 0 Å². The Morgan fingerprint density at radius 1 is 1.42 bits per heavy atom. The lowest BCUT2D eigenvalue weighted by Crippen LogP contribution is -2.34. The number of benzene rings is 1. The van der Waals surface area contributed by atoms with Crippen LogP contribution in [-0.4, -0.2) is 28.9 Å². The molecule has 0 aliphatic rings. The van der Waals surface area contributed by atoms with Crippen molar-refractivity contribution in [3.8, 4) is 0 Å². The lowest BCUT2D eigenvalue weighted by molar-refractivity contribution is -0.121. The summed E-state index contributed by atoms with van der Waals surface area (Å²) in [5.41, 5.74) is 2.14. The van der Waals surface area contributed by atoms with E-state index in [2.05, 4.69) is 23.5 Å². The van der Waals surface area contributed by atoms with Gasteiger partial charge in [0.1, 0.15) is 0 Å². The van der Waals surface area contributed by atoms with Crippen molar-refractivity contribution in [1.82, 2.24) is 10.3 Å². The predicted molar refractivity (Wildman–Crippen MR) is 82.6 cm³/mol. The van der Waals surface area contributed by atoms with E-state index in [0.29, 0.717) is 6.42 Å². The van der Waals surface area contributed by atoms with Gasteiger partial charge >= 0.3 is 0 Å². The number of aromatic nitrogens is 1. The molecule has 102 valence electrons. The molecule has 0 aliphatic carbocycles. The largest absolute Gasteiger partial charge is 0.361 e. The Morgan fingerprint density at radius 2 is 2.21 bits per heavy atom. The highest BCUT2D eigenvalue weighted by Gasteiger charge is 2.10. The van der Waals surface area contributed by atoms with Gasteiger partial charge in [-0.2, -0.15) is 11.8 Å². The number of thioether (sulfide) groups is 1. The molecule has 1 atom stereocenters. The number of amides is 1. The second kappa shape index (κ2) is 6.66. The fraction of sp³-hybridized carbons (Fsp3) is 0.400. The Morgan fingerprint density at radius 3 is 3.00 bits per heavy atom. The van der Waals surface area contributed by atoms with Crippen LogP contribution in [0.1, 0.15) is 18.9 Å². The van der Waals surface area contributed by atoms with Crippen LogP contribution in [-0.2, 0) is 11.2 Å². The summed E-state index contributed by atoms with van der Waals surface area (Å²) in [5, 5.41) is 4.19. The minimum absolute atomic E-state index is 0.0957. The van der Waals surface area contributed by atoms with Crippen LogP contribution in [0.15, 0.2) is 30.5 Å². The summed E-state index contributed by atoms with van der Waals surface area (Å²) in [6, 6.07) is 8.31. The molecule has 2 aromatic rings. The highest BCUT2D eigenvalue weighted by atomic mass is 32.2. The first-order chi connectivity index (χ1) is 9.20. The van der Waals surface area contributed by atoms with Crippen LogP contribution in [0.4, 0.5) is 0 Å². The zero-order chi connectivity index (χ0) is 13.7. The quantitative estimate of drug-likeness (QED) is 0.852. The number of hydrogen-bond acceptors (Lipinski definition) is 2. The SMILES string of the molecule is CSCCC(C)NC(=O)Cc1c[nH]c2ccccc12. The molecule has 0 spiro atoms. The standard InChI is InChI=1S/C15H20N2OS/c1-11(7-8-19-2)17-15(18)9-12-10-16-14-6-4-3-5-13(12)14/h3-6,10-11,16H,7-9H2,1-2H3,(H,17,18). The summed E-state index contributed by atoms with van der Waals surface area (Å²) in [6.07, 6.45) is 5.46. The van der Waals surface area contributed by atoms with Crippen LogP contribution in [0.3, 0.4) is 0 Å². The Labute approximate surface area is 118 Å². The molecule has 0 saturated heterocycles. The number of fused-ring (bicyclic) bond motifs is 1. The number of H-pyrrole nitrogens is 1. The van der Waals surface area contributed by atoms with Crippen LogP contribution in [0.2, 0.25) is 0 Å². The van der Waals surface area contributed by atoms with Gasteiger partial charge in [0.05, 0.1) is 6.42 Å². The number of nitrogens with one attached hydrogen (secondary N) is 2.